The molecule has 6 rings (SSSR count). The van der Waals surface area contributed by atoms with Gasteiger partial charge in [0.2, 0.25) is 0 Å². The van der Waals surface area contributed by atoms with Crippen LogP contribution in [0, 0.1) is 0 Å². The number of hydrogen-bond donors (Lipinski definition) is 2. The molecule has 0 aliphatic heterocycles. The van der Waals surface area contributed by atoms with Crippen LogP contribution in [0.15, 0.2) is 73.2 Å². The Hall–Kier alpha value is -3.99. The van der Waals surface area contributed by atoms with Gasteiger partial charge in [0.15, 0.2) is 5.65 Å². The molecular weight excluding hydrogens is 382 g/mol. The number of H-pyrrole nitrogens is 2. The predicted molar refractivity (Wildman–Crippen MR) is 126 cm³/mol. The number of fused-ring (bicyclic) bond motifs is 3. The summed E-state index contributed by atoms with van der Waals surface area (Å²) < 4.78 is 0. The summed E-state index contributed by atoms with van der Waals surface area (Å²) in [4.78, 5) is 12.7. The molecule has 6 aromatic rings. The zero-order valence-electron chi connectivity index (χ0n) is 17.3. The second-order valence-corrected chi connectivity index (χ2v) is 8.20. The Kier molecular flexibility index (Phi) is 3.90. The highest BCUT2D eigenvalue weighted by Crippen LogP contribution is 2.39. The van der Waals surface area contributed by atoms with E-state index in [2.05, 4.69) is 87.5 Å². The first-order chi connectivity index (χ1) is 15.2. The Morgan fingerprint density at radius 3 is 2.65 bits per heavy atom. The van der Waals surface area contributed by atoms with Crippen molar-refractivity contribution in [3.8, 4) is 22.4 Å². The summed E-state index contributed by atoms with van der Waals surface area (Å²) in [6.45, 7) is 4.48. The normalized spacial score (nSPS) is 11.8. The largest absolute Gasteiger partial charge is 0.354 e. The first-order valence-corrected chi connectivity index (χ1v) is 10.5. The van der Waals surface area contributed by atoms with Crippen molar-refractivity contribution >= 4 is 32.8 Å². The van der Waals surface area contributed by atoms with Crippen molar-refractivity contribution in [2.24, 2.45) is 0 Å². The van der Waals surface area contributed by atoms with Gasteiger partial charge in [0.1, 0.15) is 0 Å². The van der Waals surface area contributed by atoms with Gasteiger partial charge in [-0.25, -0.2) is 4.98 Å². The molecule has 150 valence electrons. The summed E-state index contributed by atoms with van der Waals surface area (Å²) in [6.07, 6.45) is 5.54. The highest BCUT2D eigenvalue weighted by molar-refractivity contribution is 6.01. The Bertz CT molecular complexity index is 1570. The van der Waals surface area contributed by atoms with Gasteiger partial charge in [0.25, 0.3) is 0 Å². The van der Waals surface area contributed by atoms with Gasteiger partial charge in [-0.2, -0.15) is 5.10 Å². The fraction of sp³-hybridized carbons (Fsp3) is 0.115. The molecule has 31 heavy (non-hydrogen) atoms. The number of nitrogens with one attached hydrogen (secondary N) is 2. The molecule has 5 nitrogen and oxygen atoms in total. The van der Waals surface area contributed by atoms with Crippen molar-refractivity contribution in [3.05, 3.63) is 78.8 Å². The molecule has 0 aliphatic rings. The third-order valence-electron chi connectivity index (χ3n) is 5.98. The molecule has 0 unspecified atom stereocenters. The lowest BCUT2D eigenvalue weighted by molar-refractivity contribution is 0.878. The van der Waals surface area contributed by atoms with Crippen LogP contribution in [0.25, 0.3) is 55.2 Å². The van der Waals surface area contributed by atoms with E-state index in [0.29, 0.717) is 5.92 Å². The van der Waals surface area contributed by atoms with Crippen molar-refractivity contribution in [1.29, 1.82) is 0 Å². The summed E-state index contributed by atoms with van der Waals surface area (Å²) in [6, 6.07) is 19.2. The first kappa shape index (κ1) is 17.8. The van der Waals surface area contributed by atoms with Crippen molar-refractivity contribution in [1.82, 2.24) is 25.1 Å². The van der Waals surface area contributed by atoms with Gasteiger partial charge in [-0.1, -0.05) is 44.2 Å². The standard InChI is InChI=1S/C26H21N5/c1-15(2)23-20-13-17(18-7-3-5-16-6-4-11-27-24(16)18)8-9-22(20)30-25(23)19-10-12-28-26-21(19)14-29-31-26/h3-15,30H,1-2H3,(H,28,29,31). The molecule has 2 N–H and O–H groups in total. The summed E-state index contributed by atoms with van der Waals surface area (Å²) in [7, 11) is 0. The van der Waals surface area contributed by atoms with Gasteiger partial charge in [-0.05, 0) is 41.3 Å². The van der Waals surface area contributed by atoms with E-state index in [4.69, 9.17) is 0 Å². The number of pyridine rings is 2. The second-order valence-electron chi connectivity index (χ2n) is 8.20. The van der Waals surface area contributed by atoms with Crippen LogP contribution in [0.2, 0.25) is 0 Å². The van der Waals surface area contributed by atoms with E-state index < -0.39 is 0 Å². The molecule has 0 radical (unpaired) electrons. The van der Waals surface area contributed by atoms with Crippen LogP contribution in [0.4, 0.5) is 0 Å². The first-order valence-electron chi connectivity index (χ1n) is 10.5. The maximum Gasteiger partial charge on any atom is 0.155 e. The van der Waals surface area contributed by atoms with Gasteiger partial charge in [0.05, 0.1) is 17.4 Å². The maximum atomic E-state index is 4.65. The van der Waals surface area contributed by atoms with Gasteiger partial charge >= 0.3 is 0 Å². The lowest BCUT2D eigenvalue weighted by Gasteiger charge is -2.10. The van der Waals surface area contributed by atoms with Crippen LogP contribution in [-0.2, 0) is 0 Å². The molecule has 0 spiro atoms. The van der Waals surface area contributed by atoms with E-state index >= 15 is 0 Å². The molecule has 0 saturated carbocycles. The van der Waals surface area contributed by atoms with Gasteiger partial charge in [-0.3, -0.25) is 10.1 Å². The highest BCUT2D eigenvalue weighted by atomic mass is 15.1. The maximum absolute atomic E-state index is 4.65. The number of hydrogen-bond acceptors (Lipinski definition) is 3. The minimum absolute atomic E-state index is 0.347. The van der Waals surface area contributed by atoms with Crippen molar-refractivity contribution in [2.75, 3.05) is 0 Å². The number of aromatic nitrogens is 5. The Morgan fingerprint density at radius 2 is 1.74 bits per heavy atom. The Balaban J connectivity index is 1.62. The molecule has 0 fully saturated rings. The zero-order valence-corrected chi connectivity index (χ0v) is 17.3. The minimum atomic E-state index is 0.347. The third-order valence-corrected chi connectivity index (χ3v) is 5.98. The van der Waals surface area contributed by atoms with Gasteiger partial charge in [0, 0.05) is 45.2 Å². The van der Waals surface area contributed by atoms with E-state index in [9.17, 15) is 0 Å². The fourth-order valence-corrected chi connectivity index (χ4v) is 4.60. The lowest BCUT2D eigenvalue weighted by Crippen LogP contribution is -1.91. The molecule has 2 aromatic carbocycles. The Morgan fingerprint density at radius 1 is 0.839 bits per heavy atom. The highest BCUT2D eigenvalue weighted by Gasteiger charge is 2.19. The monoisotopic (exact) mass is 403 g/mol. The molecule has 0 amide bonds. The van der Waals surface area contributed by atoms with Gasteiger partial charge in [-0.15, -0.1) is 0 Å². The van der Waals surface area contributed by atoms with E-state index in [1.807, 2.05) is 24.7 Å². The minimum Gasteiger partial charge on any atom is -0.354 e. The van der Waals surface area contributed by atoms with Crippen LogP contribution in [0.3, 0.4) is 0 Å². The lowest BCUT2D eigenvalue weighted by atomic mass is 9.93. The number of benzene rings is 2. The van der Waals surface area contributed by atoms with Gasteiger partial charge < -0.3 is 4.98 Å². The van der Waals surface area contributed by atoms with E-state index in [-0.39, 0.29) is 0 Å². The molecule has 0 saturated heterocycles. The molecule has 4 heterocycles. The smallest absolute Gasteiger partial charge is 0.155 e. The fourth-order valence-electron chi connectivity index (χ4n) is 4.60. The molecule has 0 bridgehead atoms. The molecule has 0 atom stereocenters. The SMILES string of the molecule is CC(C)c1c(-c2ccnc3[nH]ncc23)[nH]c2ccc(-c3cccc4cccnc34)cc12. The van der Waals surface area contributed by atoms with Crippen LogP contribution in [0.5, 0.6) is 0 Å². The van der Waals surface area contributed by atoms with Crippen molar-refractivity contribution in [3.63, 3.8) is 0 Å². The average molecular weight is 403 g/mol. The summed E-state index contributed by atoms with van der Waals surface area (Å²) in [5, 5.41) is 10.6. The third kappa shape index (κ3) is 2.74. The summed E-state index contributed by atoms with van der Waals surface area (Å²) >= 11 is 0. The van der Waals surface area contributed by atoms with Crippen molar-refractivity contribution < 1.29 is 0 Å². The predicted octanol–water partition coefficient (Wildman–Crippen LogP) is 6.44. The number of nitrogens with zero attached hydrogens (tertiary/aromatic N) is 3. The summed E-state index contributed by atoms with van der Waals surface area (Å²) in [5.74, 6) is 0.347. The van der Waals surface area contributed by atoms with Crippen LogP contribution in [-0.4, -0.2) is 25.1 Å². The molecule has 5 heteroatoms. The number of para-hydroxylation sites is 1. The van der Waals surface area contributed by atoms with E-state index in [0.717, 1.165) is 44.3 Å². The molecule has 0 aliphatic carbocycles. The zero-order chi connectivity index (χ0) is 20.9. The van der Waals surface area contributed by atoms with Crippen LogP contribution >= 0.6 is 0 Å². The molecular formula is C26H21N5. The quantitative estimate of drug-likeness (QED) is 0.357. The number of aromatic amines is 2. The Labute approximate surface area is 179 Å². The second kappa shape index (κ2) is 6.77. The van der Waals surface area contributed by atoms with Crippen LogP contribution < -0.4 is 0 Å². The van der Waals surface area contributed by atoms with Crippen molar-refractivity contribution in [2.45, 2.75) is 19.8 Å². The topological polar surface area (TPSA) is 70.2 Å². The molecule has 4 aromatic heterocycles. The van der Waals surface area contributed by atoms with E-state index in [1.165, 1.54) is 16.5 Å². The van der Waals surface area contributed by atoms with Crippen LogP contribution in [0.1, 0.15) is 25.3 Å². The van der Waals surface area contributed by atoms with E-state index in [1.54, 1.807) is 0 Å². The number of rotatable bonds is 3. The summed E-state index contributed by atoms with van der Waals surface area (Å²) in [5.41, 5.74) is 8.83. The average Bonchev–Trinajstić information content (AvgIpc) is 3.42.